The van der Waals surface area contributed by atoms with Crippen molar-refractivity contribution >= 4 is 15.9 Å². The zero-order valence-electron chi connectivity index (χ0n) is 8.64. The van der Waals surface area contributed by atoms with Gasteiger partial charge in [-0.05, 0) is 54.9 Å². The third kappa shape index (κ3) is 1.43. The lowest BCUT2D eigenvalue weighted by Crippen LogP contribution is -2.49. The minimum atomic E-state index is 0.237. The van der Waals surface area contributed by atoms with Gasteiger partial charge in [-0.25, -0.2) is 0 Å². The Morgan fingerprint density at radius 1 is 1.50 bits per heavy atom. The fourth-order valence-corrected chi connectivity index (χ4v) is 2.62. The number of nitrogens with one attached hydrogen (secondary N) is 1. The number of likely N-dealkylation sites (N-methyl/N-ethyl adjacent to an activating group) is 1. The fourth-order valence-electron chi connectivity index (χ4n) is 2.31. The van der Waals surface area contributed by atoms with Crippen LogP contribution >= 0.6 is 15.9 Å². The molecule has 1 N–H and O–H groups in total. The maximum atomic E-state index is 5.69. The molecule has 1 aliphatic carbocycles. The van der Waals surface area contributed by atoms with E-state index < -0.39 is 0 Å². The lowest BCUT2D eigenvalue weighted by molar-refractivity contribution is 0.150. The van der Waals surface area contributed by atoms with E-state index in [4.69, 9.17) is 4.42 Å². The number of hydrogen-bond acceptors (Lipinski definition) is 2. The molecule has 2 rings (SSSR count). The van der Waals surface area contributed by atoms with Crippen molar-refractivity contribution in [3.63, 3.8) is 0 Å². The Balaban J connectivity index is 2.28. The van der Waals surface area contributed by atoms with Crippen LogP contribution in [0.5, 0.6) is 0 Å². The Morgan fingerprint density at radius 2 is 2.21 bits per heavy atom. The predicted molar refractivity (Wildman–Crippen MR) is 60.5 cm³/mol. The Morgan fingerprint density at radius 3 is 2.57 bits per heavy atom. The standard InChI is InChI=1S/C11H16BrNO/c1-8(13-2)11(6-3-7-11)9-4-5-10(12)14-9/h4-5,8,13H,3,6-7H2,1-2H3. The molecule has 78 valence electrons. The molecule has 0 spiro atoms. The summed E-state index contributed by atoms with van der Waals surface area (Å²) in [6, 6.07) is 4.56. The minimum Gasteiger partial charge on any atom is -0.454 e. The first kappa shape index (κ1) is 10.2. The Bertz CT molecular complexity index is 317. The molecule has 3 heteroatoms. The first-order valence-corrected chi connectivity index (χ1v) is 5.91. The SMILES string of the molecule is CNC(C)C1(c2ccc(Br)o2)CCC1. The number of hydrogen-bond donors (Lipinski definition) is 1. The van der Waals surface area contributed by atoms with Crippen molar-refractivity contribution in [3.05, 3.63) is 22.6 Å². The normalized spacial score (nSPS) is 21.6. The van der Waals surface area contributed by atoms with E-state index in [2.05, 4.69) is 34.2 Å². The van der Waals surface area contributed by atoms with E-state index in [0.717, 1.165) is 10.4 Å². The Labute approximate surface area is 93.2 Å². The lowest BCUT2D eigenvalue weighted by atomic mass is 9.63. The van der Waals surface area contributed by atoms with Gasteiger partial charge in [0.05, 0.1) is 0 Å². The predicted octanol–water partition coefficient (Wildman–Crippen LogP) is 3.07. The minimum absolute atomic E-state index is 0.237. The van der Waals surface area contributed by atoms with E-state index >= 15 is 0 Å². The van der Waals surface area contributed by atoms with Crippen LogP contribution in [-0.2, 0) is 5.41 Å². The molecule has 0 saturated heterocycles. The molecule has 1 unspecified atom stereocenters. The summed E-state index contributed by atoms with van der Waals surface area (Å²) in [5, 5.41) is 3.34. The molecule has 0 bridgehead atoms. The van der Waals surface area contributed by atoms with E-state index in [1.165, 1.54) is 19.3 Å². The molecule has 1 aromatic rings. The molecule has 2 nitrogen and oxygen atoms in total. The first-order chi connectivity index (χ1) is 6.69. The highest BCUT2D eigenvalue weighted by molar-refractivity contribution is 9.10. The van der Waals surface area contributed by atoms with Crippen molar-refractivity contribution in [3.8, 4) is 0 Å². The first-order valence-electron chi connectivity index (χ1n) is 5.12. The molecule has 1 aliphatic rings. The van der Waals surface area contributed by atoms with Crippen molar-refractivity contribution in [1.82, 2.24) is 5.32 Å². The summed E-state index contributed by atoms with van der Waals surface area (Å²) in [5.74, 6) is 1.12. The summed E-state index contributed by atoms with van der Waals surface area (Å²) in [4.78, 5) is 0. The number of furan rings is 1. The van der Waals surface area contributed by atoms with E-state index in [-0.39, 0.29) is 5.41 Å². The maximum absolute atomic E-state index is 5.69. The monoisotopic (exact) mass is 257 g/mol. The van der Waals surface area contributed by atoms with Crippen LogP contribution in [0.2, 0.25) is 0 Å². The Hall–Kier alpha value is -0.280. The van der Waals surface area contributed by atoms with Crippen LogP contribution < -0.4 is 5.32 Å². The molecule has 0 radical (unpaired) electrons. The molecular formula is C11H16BrNO. The summed E-state index contributed by atoms with van der Waals surface area (Å²) in [7, 11) is 2.02. The molecular weight excluding hydrogens is 242 g/mol. The summed E-state index contributed by atoms with van der Waals surface area (Å²) in [5.41, 5.74) is 0.237. The second-order valence-electron chi connectivity index (χ2n) is 4.12. The van der Waals surface area contributed by atoms with Crippen molar-refractivity contribution < 1.29 is 4.42 Å². The van der Waals surface area contributed by atoms with Crippen molar-refractivity contribution in [2.45, 2.75) is 37.6 Å². The van der Waals surface area contributed by atoms with Gasteiger partial charge >= 0.3 is 0 Å². The van der Waals surface area contributed by atoms with Gasteiger partial charge in [-0.15, -0.1) is 0 Å². The van der Waals surface area contributed by atoms with Gasteiger partial charge in [0.2, 0.25) is 0 Å². The van der Waals surface area contributed by atoms with E-state index in [0.29, 0.717) is 6.04 Å². The van der Waals surface area contributed by atoms with Gasteiger partial charge in [-0.2, -0.15) is 0 Å². The average Bonchev–Trinajstić information content (AvgIpc) is 2.50. The molecule has 14 heavy (non-hydrogen) atoms. The third-order valence-electron chi connectivity index (χ3n) is 3.57. The Kier molecular flexibility index (Phi) is 2.71. The van der Waals surface area contributed by atoms with Crippen molar-refractivity contribution in [2.24, 2.45) is 0 Å². The lowest BCUT2D eigenvalue weighted by Gasteiger charge is -2.44. The topological polar surface area (TPSA) is 25.2 Å². The molecule has 1 fully saturated rings. The quantitative estimate of drug-likeness (QED) is 0.901. The highest BCUT2D eigenvalue weighted by atomic mass is 79.9. The summed E-state index contributed by atoms with van der Waals surface area (Å²) >= 11 is 3.36. The van der Waals surface area contributed by atoms with Gasteiger partial charge in [0.1, 0.15) is 5.76 Å². The molecule has 0 aliphatic heterocycles. The van der Waals surface area contributed by atoms with Crippen molar-refractivity contribution in [1.29, 1.82) is 0 Å². The van der Waals surface area contributed by atoms with Crippen molar-refractivity contribution in [2.75, 3.05) is 7.05 Å². The second-order valence-corrected chi connectivity index (χ2v) is 4.91. The summed E-state index contributed by atoms with van der Waals surface area (Å²) in [6.07, 6.45) is 3.77. The second kappa shape index (κ2) is 3.70. The van der Waals surface area contributed by atoms with Gasteiger partial charge in [0, 0.05) is 11.5 Å². The van der Waals surface area contributed by atoms with Gasteiger partial charge in [-0.3, -0.25) is 0 Å². The zero-order chi connectivity index (χ0) is 10.2. The van der Waals surface area contributed by atoms with Crippen LogP contribution in [-0.4, -0.2) is 13.1 Å². The summed E-state index contributed by atoms with van der Waals surface area (Å²) < 4.78 is 6.53. The highest BCUT2D eigenvalue weighted by Crippen LogP contribution is 2.47. The molecule has 1 atom stereocenters. The van der Waals surface area contributed by atoms with E-state index in [9.17, 15) is 0 Å². The van der Waals surface area contributed by atoms with Gasteiger partial charge in [-0.1, -0.05) is 6.42 Å². The smallest absolute Gasteiger partial charge is 0.169 e. The number of rotatable bonds is 3. The molecule has 0 amide bonds. The van der Waals surface area contributed by atoms with Crippen LogP contribution in [0, 0.1) is 0 Å². The van der Waals surface area contributed by atoms with Gasteiger partial charge in [0.25, 0.3) is 0 Å². The largest absolute Gasteiger partial charge is 0.454 e. The van der Waals surface area contributed by atoms with E-state index in [1.807, 2.05) is 13.1 Å². The number of halogens is 1. The molecule has 1 heterocycles. The maximum Gasteiger partial charge on any atom is 0.169 e. The fraction of sp³-hybridized carbons (Fsp3) is 0.636. The van der Waals surface area contributed by atoms with E-state index in [1.54, 1.807) is 0 Å². The van der Waals surface area contributed by atoms with Crippen LogP contribution in [0.3, 0.4) is 0 Å². The van der Waals surface area contributed by atoms with Gasteiger partial charge < -0.3 is 9.73 Å². The molecule has 0 aromatic carbocycles. The highest BCUT2D eigenvalue weighted by Gasteiger charge is 2.45. The third-order valence-corrected chi connectivity index (χ3v) is 4.00. The van der Waals surface area contributed by atoms with Crippen LogP contribution in [0.1, 0.15) is 31.9 Å². The zero-order valence-corrected chi connectivity index (χ0v) is 10.2. The summed E-state index contributed by atoms with van der Waals surface area (Å²) in [6.45, 7) is 2.23. The molecule has 1 aromatic heterocycles. The van der Waals surface area contributed by atoms with Crippen LogP contribution in [0.15, 0.2) is 21.2 Å². The molecule has 1 saturated carbocycles. The average molecular weight is 258 g/mol. The van der Waals surface area contributed by atoms with Gasteiger partial charge in [0.15, 0.2) is 4.67 Å². The van der Waals surface area contributed by atoms with Crippen LogP contribution in [0.25, 0.3) is 0 Å². The van der Waals surface area contributed by atoms with Crippen LogP contribution in [0.4, 0.5) is 0 Å².